The quantitative estimate of drug-likeness (QED) is 0.596. The monoisotopic (exact) mass is 435 g/mol. The summed E-state index contributed by atoms with van der Waals surface area (Å²) in [6, 6.07) is 15.7. The van der Waals surface area contributed by atoms with Crippen LogP contribution in [0.4, 0.5) is 4.79 Å². The van der Waals surface area contributed by atoms with E-state index in [-0.39, 0.29) is 18.0 Å². The molecule has 0 bridgehead atoms. The first-order valence-electron chi connectivity index (χ1n) is 11.3. The summed E-state index contributed by atoms with van der Waals surface area (Å²) in [5.41, 5.74) is 3.26. The molecule has 7 heteroatoms. The Morgan fingerprint density at radius 1 is 1.12 bits per heavy atom. The van der Waals surface area contributed by atoms with Crippen LogP contribution >= 0.6 is 0 Å². The molecule has 32 heavy (non-hydrogen) atoms. The molecule has 2 aromatic carbocycles. The lowest BCUT2D eigenvalue weighted by molar-refractivity contribution is 0.0860. The summed E-state index contributed by atoms with van der Waals surface area (Å²) in [6.45, 7) is 3.33. The number of aromatic nitrogens is 1. The van der Waals surface area contributed by atoms with E-state index in [1.54, 1.807) is 30.0 Å². The Kier molecular flexibility index (Phi) is 7.04. The molecule has 1 aliphatic rings. The van der Waals surface area contributed by atoms with E-state index in [9.17, 15) is 9.59 Å². The van der Waals surface area contributed by atoms with Crippen molar-refractivity contribution < 1.29 is 18.7 Å². The zero-order chi connectivity index (χ0) is 22.3. The lowest BCUT2D eigenvalue weighted by Crippen LogP contribution is -2.46. The highest BCUT2D eigenvalue weighted by Gasteiger charge is 2.25. The van der Waals surface area contributed by atoms with Crippen molar-refractivity contribution in [1.29, 1.82) is 0 Å². The normalized spacial score (nSPS) is 14.5. The van der Waals surface area contributed by atoms with Crippen LogP contribution in [-0.2, 0) is 17.6 Å². The maximum Gasteiger partial charge on any atom is 0.409 e. The van der Waals surface area contributed by atoms with E-state index in [2.05, 4.69) is 22.4 Å². The smallest absolute Gasteiger partial charge is 0.409 e. The first-order chi connectivity index (χ1) is 15.6. The number of amides is 2. The predicted octanol–water partition coefficient (Wildman–Crippen LogP) is 4.35. The highest BCUT2D eigenvalue weighted by Crippen LogP contribution is 2.20. The predicted molar refractivity (Wildman–Crippen MR) is 122 cm³/mol. The van der Waals surface area contributed by atoms with Gasteiger partial charge in [-0.3, -0.25) is 4.79 Å². The van der Waals surface area contributed by atoms with Gasteiger partial charge in [-0.2, -0.15) is 0 Å². The molecule has 4 rings (SSSR count). The molecule has 0 radical (unpaired) electrons. The molecule has 1 N–H and O–H groups in total. The van der Waals surface area contributed by atoms with Gasteiger partial charge in [0.15, 0.2) is 11.5 Å². The van der Waals surface area contributed by atoms with Crippen molar-refractivity contribution in [2.75, 3.05) is 19.7 Å². The summed E-state index contributed by atoms with van der Waals surface area (Å²) in [5, 5.41) is 3.07. The van der Waals surface area contributed by atoms with Gasteiger partial charge < -0.3 is 19.4 Å². The average Bonchev–Trinajstić information content (AvgIpc) is 3.22. The van der Waals surface area contributed by atoms with E-state index in [4.69, 9.17) is 9.15 Å². The lowest BCUT2D eigenvalue weighted by atomic mass is 10.0. The molecule has 7 nitrogen and oxygen atoms in total. The zero-order valence-electron chi connectivity index (χ0n) is 18.4. The van der Waals surface area contributed by atoms with E-state index in [0.29, 0.717) is 55.1 Å². The first kappa shape index (κ1) is 21.9. The third-order valence-corrected chi connectivity index (χ3v) is 5.75. The summed E-state index contributed by atoms with van der Waals surface area (Å²) in [6.07, 6.45) is 3.82. The van der Waals surface area contributed by atoms with E-state index < -0.39 is 0 Å². The van der Waals surface area contributed by atoms with Gasteiger partial charge in [-0.25, -0.2) is 9.78 Å². The Bertz CT molecular complexity index is 1060. The Morgan fingerprint density at radius 3 is 2.66 bits per heavy atom. The molecule has 0 unspecified atom stereocenters. The number of hydrogen-bond acceptors (Lipinski definition) is 5. The maximum absolute atomic E-state index is 12.7. The van der Waals surface area contributed by atoms with Crippen molar-refractivity contribution in [2.24, 2.45) is 0 Å². The number of carbonyl (C=O) groups is 2. The topological polar surface area (TPSA) is 84.7 Å². The molecule has 2 heterocycles. The molecule has 2 amide bonds. The Hall–Kier alpha value is -3.35. The molecule has 1 fully saturated rings. The van der Waals surface area contributed by atoms with Crippen molar-refractivity contribution in [2.45, 2.75) is 45.1 Å². The minimum atomic E-state index is -0.284. The number of oxazole rings is 1. The fraction of sp³-hybridized carbons (Fsp3) is 0.400. The number of nitrogens with one attached hydrogen (secondary N) is 1. The summed E-state index contributed by atoms with van der Waals surface area (Å²) < 4.78 is 10.9. The van der Waals surface area contributed by atoms with Crippen molar-refractivity contribution in [3.05, 3.63) is 65.5 Å². The van der Waals surface area contributed by atoms with Gasteiger partial charge in [0.2, 0.25) is 0 Å². The molecule has 0 aliphatic carbocycles. The second kappa shape index (κ2) is 10.3. The number of ether oxygens (including phenoxy) is 1. The fourth-order valence-electron chi connectivity index (χ4n) is 4.00. The summed E-state index contributed by atoms with van der Waals surface area (Å²) >= 11 is 0. The van der Waals surface area contributed by atoms with E-state index in [1.807, 2.05) is 18.2 Å². The SMILES string of the molecule is CCOC(=O)N1CCC(NC(=O)c2ccc3oc(CCCc4ccccc4)nc3c2)CC1. The van der Waals surface area contributed by atoms with Crippen LogP contribution in [0.3, 0.4) is 0 Å². The summed E-state index contributed by atoms with van der Waals surface area (Å²) in [4.78, 5) is 30.8. The van der Waals surface area contributed by atoms with E-state index in [1.165, 1.54) is 5.56 Å². The van der Waals surface area contributed by atoms with E-state index in [0.717, 1.165) is 19.3 Å². The number of hydrogen-bond donors (Lipinski definition) is 1. The van der Waals surface area contributed by atoms with Gasteiger partial charge >= 0.3 is 6.09 Å². The number of fused-ring (bicyclic) bond motifs is 1. The van der Waals surface area contributed by atoms with Gasteiger partial charge in [-0.1, -0.05) is 30.3 Å². The average molecular weight is 436 g/mol. The summed E-state index contributed by atoms with van der Waals surface area (Å²) in [5.74, 6) is 0.565. The number of aryl methyl sites for hydroxylation is 2. The van der Waals surface area contributed by atoms with Crippen LogP contribution < -0.4 is 5.32 Å². The Labute approximate surface area is 187 Å². The van der Waals surface area contributed by atoms with Crippen molar-refractivity contribution in [3.63, 3.8) is 0 Å². The maximum atomic E-state index is 12.7. The van der Waals surface area contributed by atoms with Crippen LogP contribution in [0.2, 0.25) is 0 Å². The van der Waals surface area contributed by atoms with Gasteiger partial charge in [0.25, 0.3) is 5.91 Å². The van der Waals surface area contributed by atoms with Gasteiger partial charge in [-0.05, 0) is 56.4 Å². The second-order valence-corrected chi connectivity index (χ2v) is 8.06. The molecule has 0 saturated carbocycles. The number of rotatable bonds is 7. The number of nitrogens with zero attached hydrogens (tertiary/aromatic N) is 2. The Morgan fingerprint density at radius 2 is 1.91 bits per heavy atom. The molecule has 1 saturated heterocycles. The second-order valence-electron chi connectivity index (χ2n) is 8.06. The highest BCUT2D eigenvalue weighted by atomic mass is 16.6. The van der Waals surface area contributed by atoms with Gasteiger partial charge in [0.05, 0.1) is 6.61 Å². The van der Waals surface area contributed by atoms with Gasteiger partial charge in [0.1, 0.15) is 5.52 Å². The standard InChI is InChI=1S/C25H29N3O4/c1-2-31-25(30)28-15-13-20(14-16-28)26-24(29)19-11-12-22-21(17-19)27-23(32-22)10-6-9-18-7-4-3-5-8-18/h3-5,7-8,11-12,17,20H,2,6,9-10,13-16H2,1H3,(H,26,29). The van der Waals surface area contributed by atoms with E-state index >= 15 is 0 Å². The molecule has 3 aromatic rings. The van der Waals surface area contributed by atoms with Crippen molar-refractivity contribution in [1.82, 2.24) is 15.2 Å². The molecule has 0 atom stereocenters. The molecular weight excluding hydrogens is 406 g/mol. The minimum Gasteiger partial charge on any atom is -0.450 e. The molecule has 0 spiro atoms. The lowest BCUT2D eigenvalue weighted by Gasteiger charge is -2.31. The molecular formula is C25H29N3O4. The van der Waals surface area contributed by atoms with Crippen LogP contribution in [0.5, 0.6) is 0 Å². The fourth-order valence-corrected chi connectivity index (χ4v) is 4.00. The van der Waals surface area contributed by atoms with Crippen LogP contribution in [-0.4, -0.2) is 47.6 Å². The van der Waals surface area contributed by atoms with Crippen LogP contribution in [0.25, 0.3) is 11.1 Å². The first-order valence-corrected chi connectivity index (χ1v) is 11.3. The summed E-state index contributed by atoms with van der Waals surface area (Å²) in [7, 11) is 0. The van der Waals surface area contributed by atoms with Crippen LogP contribution in [0, 0.1) is 0 Å². The minimum absolute atomic E-state index is 0.0368. The van der Waals surface area contributed by atoms with Crippen molar-refractivity contribution in [3.8, 4) is 0 Å². The zero-order valence-corrected chi connectivity index (χ0v) is 18.4. The largest absolute Gasteiger partial charge is 0.450 e. The number of piperidine rings is 1. The van der Waals surface area contributed by atoms with Crippen LogP contribution in [0.1, 0.15) is 48.0 Å². The number of likely N-dealkylation sites (tertiary alicyclic amines) is 1. The number of carbonyl (C=O) groups excluding carboxylic acids is 2. The molecule has 1 aliphatic heterocycles. The van der Waals surface area contributed by atoms with Gasteiger partial charge in [-0.15, -0.1) is 0 Å². The third-order valence-electron chi connectivity index (χ3n) is 5.75. The molecule has 1 aromatic heterocycles. The van der Waals surface area contributed by atoms with Crippen molar-refractivity contribution >= 4 is 23.1 Å². The highest BCUT2D eigenvalue weighted by molar-refractivity contribution is 5.97. The third kappa shape index (κ3) is 5.46. The number of benzene rings is 2. The van der Waals surface area contributed by atoms with Crippen LogP contribution in [0.15, 0.2) is 52.9 Å². The van der Waals surface area contributed by atoms with Gasteiger partial charge in [0, 0.05) is 31.1 Å². The Balaban J connectivity index is 1.30. The molecule has 168 valence electrons.